The maximum absolute atomic E-state index is 14.1. The highest BCUT2D eigenvalue weighted by atomic mass is 19.3. The molecule has 162 valence electrons. The predicted molar refractivity (Wildman–Crippen MR) is 105 cm³/mol. The number of benzene rings is 1. The number of alkyl halides is 2. The maximum Gasteiger partial charge on any atom is 0.387 e. The van der Waals surface area contributed by atoms with Gasteiger partial charge in [-0.2, -0.15) is 8.78 Å². The van der Waals surface area contributed by atoms with E-state index in [1.807, 2.05) is 0 Å². The van der Waals surface area contributed by atoms with Crippen LogP contribution in [0.25, 0.3) is 0 Å². The van der Waals surface area contributed by atoms with Crippen molar-refractivity contribution in [2.45, 2.75) is 83.7 Å². The van der Waals surface area contributed by atoms with Crippen LogP contribution in [0.4, 0.5) is 17.6 Å². The highest BCUT2D eigenvalue weighted by Crippen LogP contribution is 2.51. The van der Waals surface area contributed by atoms with Gasteiger partial charge in [0, 0.05) is 0 Å². The summed E-state index contributed by atoms with van der Waals surface area (Å²) in [6.07, 6.45) is 12.3. The van der Waals surface area contributed by atoms with E-state index in [2.05, 4.69) is 11.7 Å². The van der Waals surface area contributed by atoms with Crippen molar-refractivity contribution < 1.29 is 22.3 Å². The van der Waals surface area contributed by atoms with Crippen molar-refractivity contribution in [3.05, 3.63) is 29.3 Å². The van der Waals surface area contributed by atoms with Gasteiger partial charge in [-0.25, -0.2) is 8.78 Å². The van der Waals surface area contributed by atoms with Crippen molar-refractivity contribution in [2.75, 3.05) is 0 Å². The molecule has 0 spiro atoms. The average Bonchev–Trinajstić information content (AvgIpc) is 2.70. The number of fused-ring (bicyclic) bond motifs is 1. The van der Waals surface area contributed by atoms with E-state index >= 15 is 0 Å². The van der Waals surface area contributed by atoms with Gasteiger partial charge in [-0.15, -0.1) is 0 Å². The van der Waals surface area contributed by atoms with Crippen molar-refractivity contribution in [1.82, 2.24) is 0 Å². The van der Waals surface area contributed by atoms with E-state index in [0.717, 1.165) is 42.9 Å². The van der Waals surface area contributed by atoms with Gasteiger partial charge in [0.05, 0.1) is 0 Å². The zero-order valence-corrected chi connectivity index (χ0v) is 17.2. The van der Waals surface area contributed by atoms with Crippen LogP contribution in [0.5, 0.6) is 5.75 Å². The Morgan fingerprint density at radius 3 is 1.90 bits per heavy atom. The van der Waals surface area contributed by atoms with E-state index in [9.17, 15) is 17.6 Å². The third-order valence-corrected chi connectivity index (χ3v) is 8.08. The van der Waals surface area contributed by atoms with Gasteiger partial charge in [0.1, 0.15) is 0 Å². The first kappa shape index (κ1) is 21.0. The summed E-state index contributed by atoms with van der Waals surface area (Å²) in [6.45, 7) is -0.866. The molecule has 3 saturated carbocycles. The molecule has 0 amide bonds. The smallest absolute Gasteiger partial charge is 0.387 e. The van der Waals surface area contributed by atoms with Crippen LogP contribution in [0.15, 0.2) is 12.1 Å². The second-order valence-corrected chi connectivity index (χ2v) is 9.82. The topological polar surface area (TPSA) is 9.23 Å². The summed E-state index contributed by atoms with van der Waals surface area (Å²) in [7, 11) is 0. The normalized spacial score (nSPS) is 35.4. The van der Waals surface area contributed by atoms with Crippen LogP contribution in [0.2, 0.25) is 0 Å². The van der Waals surface area contributed by atoms with Crippen molar-refractivity contribution in [3.8, 4) is 5.75 Å². The number of ether oxygens (including phenoxy) is 1. The molecule has 0 radical (unpaired) electrons. The summed E-state index contributed by atoms with van der Waals surface area (Å²) in [4.78, 5) is 0. The Kier molecular flexibility index (Phi) is 6.41. The molecule has 1 aromatic rings. The minimum Gasteiger partial charge on any atom is -0.429 e. The first-order chi connectivity index (χ1) is 13.9. The molecule has 0 bridgehead atoms. The van der Waals surface area contributed by atoms with Crippen LogP contribution < -0.4 is 4.74 Å². The molecule has 0 aromatic heterocycles. The summed E-state index contributed by atoms with van der Waals surface area (Å²) >= 11 is 0. The zero-order valence-electron chi connectivity index (χ0n) is 17.2. The first-order valence-corrected chi connectivity index (χ1v) is 11.3. The minimum absolute atomic E-state index is 0.105. The van der Waals surface area contributed by atoms with Crippen LogP contribution in [-0.4, -0.2) is 6.61 Å². The summed E-state index contributed by atoms with van der Waals surface area (Å²) in [5, 5.41) is 0. The van der Waals surface area contributed by atoms with E-state index in [1.54, 1.807) is 0 Å². The van der Waals surface area contributed by atoms with Gasteiger partial charge in [0.15, 0.2) is 17.4 Å². The number of hydrogen-bond acceptors (Lipinski definition) is 1. The molecule has 4 rings (SSSR count). The summed E-state index contributed by atoms with van der Waals surface area (Å²) in [5.41, 5.74) is 0.587. The molecule has 1 nitrogen and oxygen atoms in total. The molecule has 0 aliphatic heterocycles. The van der Waals surface area contributed by atoms with E-state index in [0.29, 0.717) is 11.5 Å². The molecule has 3 aliphatic rings. The molecule has 29 heavy (non-hydrogen) atoms. The second kappa shape index (κ2) is 8.85. The lowest BCUT2D eigenvalue weighted by Gasteiger charge is -2.45. The molecule has 1 aromatic carbocycles. The van der Waals surface area contributed by atoms with Crippen molar-refractivity contribution in [1.29, 1.82) is 0 Å². The van der Waals surface area contributed by atoms with Gasteiger partial charge in [-0.1, -0.05) is 19.8 Å². The van der Waals surface area contributed by atoms with Gasteiger partial charge in [-0.3, -0.25) is 0 Å². The highest BCUT2D eigenvalue weighted by molar-refractivity contribution is 5.33. The van der Waals surface area contributed by atoms with Gasteiger partial charge in [0.2, 0.25) is 0 Å². The predicted octanol–water partition coefficient (Wildman–Crippen LogP) is 7.69. The molecule has 0 N–H and O–H groups in total. The van der Waals surface area contributed by atoms with Crippen LogP contribution >= 0.6 is 0 Å². The molecular formula is C24H32F4O. The summed E-state index contributed by atoms with van der Waals surface area (Å²) in [6, 6.07) is 2.39. The molecule has 0 heterocycles. The Hall–Kier alpha value is -1.26. The third kappa shape index (κ3) is 4.74. The minimum atomic E-state index is -3.23. The summed E-state index contributed by atoms with van der Waals surface area (Å²) < 4.78 is 57.0. The van der Waals surface area contributed by atoms with Crippen molar-refractivity contribution in [2.24, 2.45) is 29.6 Å². The number of hydrogen-bond donors (Lipinski definition) is 0. The number of halogens is 4. The fourth-order valence-electron chi connectivity index (χ4n) is 6.43. The molecule has 0 saturated heterocycles. The van der Waals surface area contributed by atoms with Crippen molar-refractivity contribution >= 4 is 0 Å². The Morgan fingerprint density at radius 2 is 1.28 bits per heavy atom. The lowest BCUT2D eigenvalue weighted by atomic mass is 9.60. The van der Waals surface area contributed by atoms with Crippen LogP contribution in [-0.2, 0) is 0 Å². The van der Waals surface area contributed by atoms with Gasteiger partial charge in [0.25, 0.3) is 0 Å². The van der Waals surface area contributed by atoms with E-state index in [1.165, 1.54) is 57.1 Å². The van der Waals surface area contributed by atoms with Gasteiger partial charge >= 0.3 is 6.61 Å². The maximum atomic E-state index is 14.1. The largest absolute Gasteiger partial charge is 0.429 e. The standard InChI is InChI=1S/C24H32F4O/c1-14-2-4-15(5-3-14)16-6-7-18-11-19(9-8-17(18)10-16)20-12-21(25)23(22(26)13-20)29-24(27)28/h12-19,24H,2-11H2,1H3. The van der Waals surface area contributed by atoms with E-state index in [-0.39, 0.29) is 5.92 Å². The molecule has 4 atom stereocenters. The van der Waals surface area contributed by atoms with Crippen molar-refractivity contribution in [3.63, 3.8) is 0 Å². The molecule has 4 unspecified atom stereocenters. The third-order valence-electron chi connectivity index (χ3n) is 8.08. The Labute approximate surface area is 171 Å². The van der Waals surface area contributed by atoms with Crippen LogP contribution in [0.3, 0.4) is 0 Å². The molecule has 5 heteroatoms. The number of rotatable bonds is 4. The van der Waals surface area contributed by atoms with Crippen LogP contribution in [0, 0.1) is 41.2 Å². The Bertz CT molecular complexity index is 675. The van der Waals surface area contributed by atoms with Gasteiger partial charge in [-0.05, 0) is 105 Å². The zero-order chi connectivity index (χ0) is 20.5. The first-order valence-electron chi connectivity index (χ1n) is 11.3. The Balaban J connectivity index is 1.38. The van der Waals surface area contributed by atoms with E-state index < -0.39 is 24.0 Å². The fourth-order valence-corrected chi connectivity index (χ4v) is 6.43. The molecule has 3 aliphatic carbocycles. The summed E-state index contributed by atoms with van der Waals surface area (Å²) in [5.74, 6) is 1.08. The average molecular weight is 413 g/mol. The van der Waals surface area contributed by atoms with Gasteiger partial charge < -0.3 is 4.74 Å². The quantitative estimate of drug-likeness (QED) is 0.461. The lowest BCUT2D eigenvalue weighted by molar-refractivity contribution is -0.0546. The highest BCUT2D eigenvalue weighted by Gasteiger charge is 2.39. The lowest BCUT2D eigenvalue weighted by Crippen LogP contribution is -2.34. The SMILES string of the molecule is CC1CCC(C2CCC3CC(c4cc(F)c(OC(F)F)c(F)c4)CCC3C2)CC1. The Morgan fingerprint density at radius 1 is 0.759 bits per heavy atom. The second-order valence-electron chi connectivity index (χ2n) is 9.82. The van der Waals surface area contributed by atoms with Crippen LogP contribution in [0.1, 0.15) is 82.6 Å². The fraction of sp³-hybridized carbons (Fsp3) is 0.750. The molecular weight excluding hydrogens is 380 g/mol. The molecule has 3 fully saturated rings. The monoisotopic (exact) mass is 412 g/mol. The van der Waals surface area contributed by atoms with E-state index in [4.69, 9.17) is 0 Å².